The van der Waals surface area contributed by atoms with Crippen LogP contribution in [0.2, 0.25) is 9.36 Å². The molecule has 1 aromatic heterocycles. The Hall–Kier alpha value is 0.240. The molecule has 0 atom stereocenters. The normalized spacial score (nSPS) is 19.0. The van der Waals surface area contributed by atoms with E-state index in [1.54, 1.807) is 0 Å². The van der Waals surface area contributed by atoms with E-state index >= 15 is 0 Å². The molecule has 4 heteroatoms. The van der Waals surface area contributed by atoms with Gasteiger partial charge in [0.25, 0.3) is 0 Å². The summed E-state index contributed by atoms with van der Waals surface area (Å²) in [6.07, 6.45) is 2.53. The molecular weight excluding hydrogens is 225 g/mol. The summed E-state index contributed by atoms with van der Waals surface area (Å²) in [5.74, 6) is 0. The number of rotatable bonds is 3. The molecule has 13 heavy (non-hydrogen) atoms. The minimum absolute atomic E-state index is 0.359. The zero-order chi connectivity index (χ0) is 9.47. The molecule has 2 rings (SSSR count). The van der Waals surface area contributed by atoms with Gasteiger partial charge in [-0.2, -0.15) is 0 Å². The molecule has 1 heterocycles. The van der Waals surface area contributed by atoms with Gasteiger partial charge in [0.05, 0.1) is 5.02 Å². The third kappa shape index (κ3) is 2.18. The van der Waals surface area contributed by atoms with Gasteiger partial charge in [-0.3, -0.25) is 0 Å². The highest BCUT2D eigenvalue weighted by Gasteiger charge is 2.36. The van der Waals surface area contributed by atoms with E-state index < -0.39 is 0 Å². The van der Waals surface area contributed by atoms with Crippen LogP contribution >= 0.6 is 34.5 Å². The van der Waals surface area contributed by atoms with Crippen molar-refractivity contribution < 1.29 is 0 Å². The molecule has 0 radical (unpaired) electrons. The van der Waals surface area contributed by atoms with Crippen molar-refractivity contribution in [2.24, 2.45) is 0 Å². The van der Waals surface area contributed by atoms with Crippen molar-refractivity contribution in [1.29, 1.82) is 0 Å². The summed E-state index contributed by atoms with van der Waals surface area (Å²) in [6.45, 7) is 3.06. The van der Waals surface area contributed by atoms with Crippen molar-refractivity contribution in [2.75, 3.05) is 0 Å². The SMILES string of the molecule is CC1(NCc2csc(Cl)c2Cl)CC1. The summed E-state index contributed by atoms with van der Waals surface area (Å²) in [6, 6.07) is 0. The summed E-state index contributed by atoms with van der Waals surface area (Å²) >= 11 is 13.3. The Bertz CT molecular complexity index is 317. The number of thiophene rings is 1. The summed E-state index contributed by atoms with van der Waals surface area (Å²) in [5, 5.41) is 6.20. The third-order valence-corrected chi connectivity index (χ3v) is 4.37. The maximum atomic E-state index is 6.00. The molecule has 0 amide bonds. The molecule has 0 unspecified atom stereocenters. The molecule has 1 aromatic rings. The van der Waals surface area contributed by atoms with Crippen molar-refractivity contribution in [3.63, 3.8) is 0 Å². The molecule has 1 saturated carbocycles. The van der Waals surface area contributed by atoms with Crippen molar-refractivity contribution in [3.05, 3.63) is 20.3 Å². The quantitative estimate of drug-likeness (QED) is 0.843. The average molecular weight is 236 g/mol. The average Bonchev–Trinajstić information content (AvgIpc) is 2.75. The molecule has 0 spiro atoms. The Balaban J connectivity index is 1.97. The van der Waals surface area contributed by atoms with Crippen molar-refractivity contribution in [1.82, 2.24) is 5.32 Å². The first kappa shape index (κ1) is 9.78. The fourth-order valence-corrected chi connectivity index (χ4v) is 2.40. The Labute approximate surface area is 92.0 Å². The van der Waals surface area contributed by atoms with E-state index in [4.69, 9.17) is 23.2 Å². The van der Waals surface area contributed by atoms with E-state index in [0.29, 0.717) is 14.9 Å². The van der Waals surface area contributed by atoms with E-state index in [2.05, 4.69) is 12.2 Å². The topological polar surface area (TPSA) is 12.0 Å². The van der Waals surface area contributed by atoms with Crippen LogP contribution in [0.1, 0.15) is 25.3 Å². The van der Waals surface area contributed by atoms with Crippen LogP contribution in [-0.2, 0) is 6.54 Å². The fourth-order valence-electron chi connectivity index (χ4n) is 1.14. The second-order valence-electron chi connectivity index (χ2n) is 3.76. The second-order valence-corrected chi connectivity index (χ2v) is 5.62. The standard InChI is InChI=1S/C9H11Cl2NS/c1-9(2-3-9)12-4-6-5-13-8(11)7(6)10/h5,12H,2-4H2,1H3. The van der Waals surface area contributed by atoms with Crippen molar-refractivity contribution >= 4 is 34.5 Å². The van der Waals surface area contributed by atoms with Gasteiger partial charge in [0.15, 0.2) is 0 Å². The molecule has 1 nitrogen and oxygen atoms in total. The maximum Gasteiger partial charge on any atom is 0.112 e. The molecular formula is C9H11Cl2NS. The van der Waals surface area contributed by atoms with Gasteiger partial charge in [0.1, 0.15) is 4.34 Å². The van der Waals surface area contributed by atoms with Crippen LogP contribution in [0.5, 0.6) is 0 Å². The Kier molecular flexibility index (Phi) is 2.58. The number of hydrogen-bond acceptors (Lipinski definition) is 2. The van der Waals surface area contributed by atoms with E-state index in [1.165, 1.54) is 24.2 Å². The van der Waals surface area contributed by atoms with Gasteiger partial charge < -0.3 is 5.32 Å². The number of nitrogens with one attached hydrogen (secondary N) is 1. The zero-order valence-electron chi connectivity index (χ0n) is 7.36. The lowest BCUT2D eigenvalue weighted by Gasteiger charge is -2.09. The third-order valence-electron chi connectivity index (χ3n) is 2.46. The van der Waals surface area contributed by atoms with Crippen LogP contribution in [-0.4, -0.2) is 5.54 Å². The molecule has 0 bridgehead atoms. The highest BCUT2D eigenvalue weighted by molar-refractivity contribution is 7.15. The fraction of sp³-hybridized carbons (Fsp3) is 0.556. The van der Waals surface area contributed by atoms with Crippen LogP contribution in [0.3, 0.4) is 0 Å². The van der Waals surface area contributed by atoms with Gasteiger partial charge in [0, 0.05) is 12.1 Å². The smallest absolute Gasteiger partial charge is 0.112 e. The van der Waals surface area contributed by atoms with Crippen molar-refractivity contribution in [3.8, 4) is 0 Å². The lowest BCUT2D eigenvalue weighted by atomic mass is 10.3. The molecule has 72 valence electrons. The molecule has 1 aliphatic carbocycles. The summed E-state index contributed by atoms with van der Waals surface area (Å²) in [7, 11) is 0. The molecule has 1 aliphatic rings. The van der Waals surface area contributed by atoms with E-state index in [0.717, 1.165) is 12.1 Å². The van der Waals surface area contributed by atoms with Gasteiger partial charge >= 0.3 is 0 Å². The first-order chi connectivity index (χ1) is 6.11. The summed E-state index contributed by atoms with van der Waals surface area (Å²) in [4.78, 5) is 0. The van der Waals surface area contributed by atoms with Crippen LogP contribution < -0.4 is 5.32 Å². The first-order valence-electron chi connectivity index (χ1n) is 4.27. The van der Waals surface area contributed by atoms with Crippen LogP contribution in [0, 0.1) is 0 Å². The summed E-state index contributed by atoms with van der Waals surface area (Å²) < 4.78 is 0.694. The van der Waals surface area contributed by atoms with Gasteiger partial charge in [-0.05, 0) is 30.7 Å². The molecule has 0 aromatic carbocycles. The van der Waals surface area contributed by atoms with E-state index in [1.807, 2.05) is 5.38 Å². The van der Waals surface area contributed by atoms with Crippen LogP contribution in [0.25, 0.3) is 0 Å². The first-order valence-corrected chi connectivity index (χ1v) is 5.91. The number of halogens is 2. The van der Waals surface area contributed by atoms with Crippen LogP contribution in [0.4, 0.5) is 0 Å². The number of hydrogen-bond donors (Lipinski definition) is 1. The largest absolute Gasteiger partial charge is 0.307 e. The zero-order valence-corrected chi connectivity index (χ0v) is 9.69. The highest BCUT2D eigenvalue weighted by Crippen LogP contribution is 2.36. The lowest BCUT2D eigenvalue weighted by Crippen LogP contribution is -2.26. The Morgan fingerprint density at radius 3 is 2.69 bits per heavy atom. The van der Waals surface area contributed by atoms with Gasteiger partial charge in [-0.15, -0.1) is 11.3 Å². The Morgan fingerprint density at radius 1 is 1.54 bits per heavy atom. The van der Waals surface area contributed by atoms with Gasteiger partial charge in [0.2, 0.25) is 0 Å². The molecule has 1 N–H and O–H groups in total. The summed E-state index contributed by atoms with van der Waals surface area (Å²) in [5.41, 5.74) is 1.47. The molecule has 0 saturated heterocycles. The highest BCUT2D eigenvalue weighted by atomic mass is 35.5. The maximum absolute atomic E-state index is 6.00. The van der Waals surface area contributed by atoms with Gasteiger partial charge in [-0.25, -0.2) is 0 Å². The minimum Gasteiger partial charge on any atom is -0.307 e. The predicted molar refractivity (Wildman–Crippen MR) is 58.8 cm³/mol. The van der Waals surface area contributed by atoms with E-state index in [-0.39, 0.29) is 0 Å². The predicted octanol–water partition coefficient (Wildman–Crippen LogP) is 3.70. The molecule has 0 aliphatic heterocycles. The van der Waals surface area contributed by atoms with E-state index in [9.17, 15) is 0 Å². The Morgan fingerprint density at radius 2 is 2.23 bits per heavy atom. The second kappa shape index (κ2) is 3.43. The van der Waals surface area contributed by atoms with Crippen LogP contribution in [0.15, 0.2) is 5.38 Å². The molecule has 1 fully saturated rings. The lowest BCUT2D eigenvalue weighted by molar-refractivity contribution is 0.538. The monoisotopic (exact) mass is 235 g/mol. The van der Waals surface area contributed by atoms with Crippen molar-refractivity contribution in [2.45, 2.75) is 31.8 Å². The van der Waals surface area contributed by atoms with Gasteiger partial charge in [-0.1, -0.05) is 23.2 Å². The minimum atomic E-state index is 0.359.